The minimum atomic E-state index is -4.47. The Kier molecular flexibility index (Phi) is 4.33. The number of benzene rings is 1. The smallest absolute Gasteiger partial charge is 0.435 e. The van der Waals surface area contributed by atoms with Crippen molar-refractivity contribution in [1.82, 2.24) is 15.1 Å². The van der Waals surface area contributed by atoms with Crippen molar-refractivity contribution in [3.8, 4) is 11.5 Å². The van der Waals surface area contributed by atoms with Crippen molar-refractivity contribution in [2.75, 3.05) is 18.7 Å². The zero-order valence-electron chi connectivity index (χ0n) is 14.2. The Morgan fingerprint density at radius 2 is 2.00 bits per heavy atom. The topological polar surface area (TPSA) is 77.4 Å². The molecule has 0 saturated heterocycles. The van der Waals surface area contributed by atoms with Gasteiger partial charge in [-0.05, 0) is 31.0 Å². The predicted octanol–water partition coefficient (Wildman–Crippen LogP) is 3.33. The van der Waals surface area contributed by atoms with Crippen molar-refractivity contribution in [3.63, 3.8) is 0 Å². The number of amides is 2. The summed E-state index contributed by atoms with van der Waals surface area (Å²) < 4.78 is 50.4. The predicted molar refractivity (Wildman–Crippen MR) is 88.8 cm³/mol. The van der Waals surface area contributed by atoms with Crippen molar-refractivity contribution in [1.29, 1.82) is 0 Å². The number of carbonyl (C=O) groups is 1. The Hall–Kier alpha value is -2.91. The lowest BCUT2D eigenvalue weighted by atomic mass is 10.2. The highest BCUT2D eigenvalue weighted by Crippen LogP contribution is 2.42. The van der Waals surface area contributed by atoms with Crippen LogP contribution in [-0.4, -0.2) is 29.1 Å². The van der Waals surface area contributed by atoms with Gasteiger partial charge < -0.3 is 20.1 Å². The molecule has 0 unspecified atom stereocenters. The molecule has 1 aromatic heterocycles. The first kappa shape index (κ1) is 17.5. The molecule has 0 atom stereocenters. The molecule has 10 heteroatoms. The van der Waals surface area contributed by atoms with Crippen LogP contribution in [0.3, 0.4) is 0 Å². The van der Waals surface area contributed by atoms with E-state index in [1.807, 2.05) is 0 Å². The van der Waals surface area contributed by atoms with E-state index < -0.39 is 17.9 Å². The van der Waals surface area contributed by atoms with E-state index in [2.05, 4.69) is 15.7 Å². The molecule has 1 saturated carbocycles. The summed E-state index contributed by atoms with van der Waals surface area (Å²) in [5, 5.41) is 8.91. The van der Waals surface area contributed by atoms with E-state index in [1.54, 1.807) is 18.2 Å². The molecule has 2 amide bonds. The zero-order valence-corrected chi connectivity index (χ0v) is 14.2. The average Bonchev–Trinajstić information content (AvgIpc) is 3.17. The Morgan fingerprint density at radius 3 is 2.74 bits per heavy atom. The molecule has 1 aliphatic carbocycles. The first-order valence-electron chi connectivity index (χ1n) is 8.49. The molecule has 0 radical (unpaired) electrons. The van der Waals surface area contributed by atoms with Crippen molar-refractivity contribution in [3.05, 3.63) is 35.7 Å². The maximum atomic E-state index is 12.9. The summed E-state index contributed by atoms with van der Waals surface area (Å²) in [5.74, 6) is 1.27. The second kappa shape index (κ2) is 6.67. The summed E-state index contributed by atoms with van der Waals surface area (Å²) in [6, 6.07) is 5.62. The molecular weight excluding hydrogens is 365 g/mol. The van der Waals surface area contributed by atoms with Crippen LogP contribution in [0.15, 0.2) is 24.3 Å². The number of urea groups is 1. The van der Waals surface area contributed by atoms with Gasteiger partial charge in [-0.3, -0.25) is 4.68 Å². The van der Waals surface area contributed by atoms with Gasteiger partial charge in [0, 0.05) is 29.9 Å². The molecule has 27 heavy (non-hydrogen) atoms. The lowest BCUT2D eigenvalue weighted by Crippen LogP contribution is -2.32. The number of halogens is 3. The fourth-order valence-electron chi connectivity index (χ4n) is 2.88. The first-order valence-corrected chi connectivity index (χ1v) is 8.49. The van der Waals surface area contributed by atoms with Gasteiger partial charge in [0.1, 0.15) is 0 Å². The van der Waals surface area contributed by atoms with Gasteiger partial charge in [-0.15, -0.1) is 0 Å². The van der Waals surface area contributed by atoms with Crippen LogP contribution >= 0.6 is 0 Å². The van der Waals surface area contributed by atoms with Crippen LogP contribution in [-0.2, 0) is 12.7 Å². The fraction of sp³-hybridized carbons (Fsp3) is 0.412. The number of alkyl halides is 3. The van der Waals surface area contributed by atoms with E-state index in [1.165, 1.54) is 4.68 Å². The Morgan fingerprint density at radius 1 is 1.22 bits per heavy atom. The van der Waals surface area contributed by atoms with E-state index >= 15 is 0 Å². The first-order chi connectivity index (χ1) is 12.9. The van der Waals surface area contributed by atoms with Crippen LogP contribution in [0.4, 0.5) is 23.7 Å². The maximum Gasteiger partial charge on any atom is 0.435 e. The number of rotatable bonds is 5. The van der Waals surface area contributed by atoms with Gasteiger partial charge in [0.25, 0.3) is 0 Å². The van der Waals surface area contributed by atoms with Crippen molar-refractivity contribution in [2.45, 2.75) is 31.5 Å². The molecule has 1 aliphatic heterocycles. The number of anilines is 1. The molecule has 1 aromatic carbocycles. The molecule has 7 nitrogen and oxygen atoms in total. The highest BCUT2D eigenvalue weighted by molar-refractivity contribution is 5.89. The van der Waals surface area contributed by atoms with Gasteiger partial charge >= 0.3 is 12.2 Å². The van der Waals surface area contributed by atoms with Gasteiger partial charge in [0.15, 0.2) is 17.2 Å². The highest BCUT2D eigenvalue weighted by Gasteiger charge is 2.37. The minimum Gasteiger partial charge on any atom is -0.454 e. The van der Waals surface area contributed by atoms with E-state index in [-0.39, 0.29) is 25.8 Å². The third kappa shape index (κ3) is 3.93. The minimum absolute atomic E-state index is 0.121. The van der Waals surface area contributed by atoms with Crippen LogP contribution < -0.4 is 20.1 Å². The molecule has 2 heterocycles. The molecular formula is C17H17F3N4O3. The summed E-state index contributed by atoms with van der Waals surface area (Å²) in [6.45, 7) is 0.448. The number of hydrogen-bond donors (Lipinski definition) is 2. The SMILES string of the molecule is O=C(NCCn1nc(C(F)(F)F)cc1C1CC1)Nc1ccc2c(c1)OCO2. The van der Waals surface area contributed by atoms with Crippen molar-refractivity contribution >= 4 is 11.7 Å². The average molecular weight is 382 g/mol. The number of carbonyl (C=O) groups excluding carboxylic acids is 1. The summed E-state index contributed by atoms with van der Waals surface area (Å²) >= 11 is 0. The second-order valence-electron chi connectivity index (χ2n) is 6.40. The number of nitrogens with zero attached hydrogens (tertiary/aromatic N) is 2. The molecule has 2 aliphatic rings. The number of hydrogen-bond acceptors (Lipinski definition) is 4. The molecule has 0 bridgehead atoms. The molecule has 2 aromatic rings. The highest BCUT2D eigenvalue weighted by atomic mass is 19.4. The van der Waals surface area contributed by atoms with Crippen LogP contribution in [0, 0.1) is 0 Å². The van der Waals surface area contributed by atoms with E-state index in [9.17, 15) is 18.0 Å². The number of ether oxygens (including phenoxy) is 2. The van der Waals surface area contributed by atoms with Crippen LogP contribution in [0.1, 0.15) is 30.1 Å². The maximum absolute atomic E-state index is 12.9. The van der Waals surface area contributed by atoms with Gasteiger partial charge in [-0.2, -0.15) is 18.3 Å². The van der Waals surface area contributed by atoms with E-state index in [4.69, 9.17) is 9.47 Å². The number of aromatic nitrogens is 2. The summed E-state index contributed by atoms with van der Waals surface area (Å²) in [5.41, 5.74) is 0.198. The van der Waals surface area contributed by atoms with Gasteiger partial charge in [-0.25, -0.2) is 4.79 Å². The Labute approximate surface area is 152 Å². The summed E-state index contributed by atoms with van der Waals surface area (Å²) in [7, 11) is 0. The largest absolute Gasteiger partial charge is 0.454 e. The van der Waals surface area contributed by atoms with Gasteiger partial charge in [0.05, 0.1) is 6.54 Å². The lowest BCUT2D eigenvalue weighted by Gasteiger charge is -2.10. The normalized spacial score (nSPS) is 15.7. The third-order valence-electron chi connectivity index (χ3n) is 4.34. The second-order valence-corrected chi connectivity index (χ2v) is 6.40. The fourth-order valence-corrected chi connectivity index (χ4v) is 2.88. The van der Waals surface area contributed by atoms with Crippen LogP contribution in [0.5, 0.6) is 11.5 Å². The van der Waals surface area contributed by atoms with Crippen LogP contribution in [0.25, 0.3) is 0 Å². The van der Waals surface area contributed by atoms with Crippen molar-refractivity contribution in [2.24, 2.45) is 0 Å². The molecule has 1 fully saturated rings. The van der Waals surface area contributed by atoms with E-state index in [0.29, 0.717) is 22.9 Å². The van der Waals surface area contributed by atoms with Gasteiger partial charge in [-0.1, -0.05) is 0 Å². The molecule has 2 N–H and O–H groups in total. The zero-order chi connectivity index (χ0) is 19.0. The van der Waals surface area contributed by atoms with Gasteiger partial charge in [0.2, 0.25) is 6.79 Å². The Bertz CT molecular complexity index is 862. The number of nitrogens with one attached hydrogen (secondary N) is 2. The quantitative estimate of drug-likeness (QED) is 0.832. The Balaban J connectivity index is 1.33. The van der Waals surface area contributed by atoms with Crippen molar-refractivity contribution < 1.29 is 27.4 Å². The molecule has 4 rings (SSSR count). The standard InChI is InChI=1S/C17H17F3N4O3/c18-17(19,20)15-8-12(10-1-2-10)24(23-15)6-5-21-16(25)22-11-3-4-13-14(7-11)27-9-26-13/h3-4,7-8,10H,1-2,5-6,9H2,(H2,21,22,25). The lowest BCUT2D eigenvalue weighted by molar-refractivity contribution is -0.141. The third-order valence-corrected chi connectivity index (χ3v) is 4.34. The molecule has 144 valence electrons. The molecule has 0 spiro atoms. The monoisotopic (exact) mass is 382 g/mol. The van der Waals surface area contributed by atoms with Crippen LogP contribution in [0.2, 0.25) is 0 Å². The summed E-state index contributed by atoms with van der Waals surface area (Å²) in [4.78, 5) is 12.0. The van der Waals surface area contributed by atoms with E-state index in [0.717, 1.165) is 18.9 Å². The summed E-state index contributed by atoms with van der Waals surface area (Å²) in [6.07, 6.45) is -2.75. The number of fused-ring (bicyclic) bond motifs is 1.